The van der Waals surface area contributed by atoms with Crippen molar-refractivity contribution in [3.63, 3.8) is 0 Å². The second-order valence-electron chi connectivity index (χ2n) is 5.69. The molecule has 0 spiro atoms. The molecule has 0 heterocycles. The molecule has 0 saturated carbocycles. The van der Waals surface area contributed by atoms with E-state index in [0.717, 1.165) is 11.1 Å². The smallest absolute Gasteiger partial charge is 0.310 e. The molecule has 0 radical (unpaired) electrons. The Hall–Kier alpha value is -2.96. The molecule has 0 aliphatic carbocycles. The van der Waals surface area contributed by atoms with Crippen LogP contribution in [0.15, 0.2) is 36.4 Å². The summed E-state index contributed by atoms with van der Waals surface area (Å²) in [6.07, 6.45) is 0.0608. The van der Waals surface area contributed by atoms with Gasteiger partial charge >= 0.3 is 5.69 Å². The van der Waals surface area contributed by atoms with Crippen LogP contribution in [0, 0.1) is 29.8 Å². The molecule has 2 rings (SSSR count). The van der Waals surface area contributed by atoms with Crippen LogP contribution < -0.4 is 10.1 Å². The van der Waals surface area contributed by atoms with E-state index in [1.54, 1.807) is 38.1 Å². The molecule has 0 aliphatic rings. The number of nitrogens with zero attached hydrogens (tertiary/aromatic N) is 1. The lowest BCUT2D eigenvalue weighted by Crippen LogP contribution is -2.24. The molecule has 0 saturated heterocycles. The van der Waals surface area contributed by atoms with Gasteiger partial charge in [0.05, 0.1) is 18.0 Å². The number of benzene rings is 2. The van der Waals surface area contributed by atoms with Crippen molar-refractivity contribution in [2.45, 2.75) is 26.8 Å². The van der Waals surface area contributed by atoms with Gasteiger partial charge in [0.15, 0.2) is 5.75 Å². The third-order valence-electron chi connectivity index (χ3n) is 3.61. The minimum atomic E-state index is -0.522. The largest absolute Gasteiger partial charge is 0.486 e. The van der Waals surface area contributed by atoms with E-state index < -0.39 is 4.92 Å². The third kappa shape index (κ3) is 5.27. The molecule has 0 aromatic heterocycles. The molecule has 25 heavy (non-hydrogen) atoms. The molecular weight excluding hydrogens is 327 g/mol. The van der Waals surface area contributed by atoms with E-state index in [4.69, 9.17) is 4.74 Å². The predicted molar refractivity (Wildman–Crippen MR) is 90.9 cm³/mol. The molecule has 6 nitrogen and oxygen atoms in total. The summed E-state index contributed by atoms with van der Waals surface area (Å²) in [6.45, 7) is 3.76. The number of nitro groups is 1. The van der Waals surface area contributed by atoms with E-state index in [9.17, 15) is 19.3 Å². The summed E-state index contributed by atoms with van der Waals surface area (Å²) in [5.41, 5.74) is 2.01. The van der Waals surface area contributed by atoms with Gasteiger partial charge in [0.2, 0.25) is 5.91 Å². The Kier molecular flexibility index (Phi) is 6.05. The van der Waals surface area contributed by atoms with Crippen LogP contribution in [0.1, 0.15) is 23.1 Å². The van der Waals surface area contributed by atoms with E-state index in [1.807, 2.05) is 0 Å². The summed E-state index contributed by atoms with van der Waals surface area (Å²) in [4.78, 5) is 22.3. The van der Waals surface area contributed by atoms with E-state index in [0.29, 0.717) is 5.56 Å². The fourth-order valence-corrected chi connectivity index (χ4v) is 2.25. The zero-order valence-corrected chi connectivity index (χ0v) is 14.0. The lowest BCUT2D eigenvalue weighted by atomic mass is 10.1. The van der Waals surface area contributed by atoms with Gasteiger partial charge in [-0.3, -0.25) is 14.9 Å². The quantitative estimate of drug-likeness (QED) is 0.615. The maximum atomic E-state index is 13.2. The highest BCUT2D eigenvalue weighted by Crippen LogP contribution is 2.27. The number of hydrogen-bond acceptors (Lipinski definition) is 4. The van der Waals surface area contributed by atoms with Crippen molar-refractivity contribution in [2.24, 2.45) is 0 Å². The number of rotatable bonds is 7. The summed E-state index contributed by atoms with van der Waals surface area (Å²) in [6, 6.07) is 9.20. The summed E-state index contributed by atoms with van der Waals surface area (Å²) < 4.78 is 18.6. The predicted octanol–water partition coefficient (Wildman–Crippen LogP) is 3.44. The van der Waals surface area contributed by atoms with E-state index in [2.05, 4.69) is 5.32 Å². The van der Waals surface area contributed by atoms with Crippen molar-refractivity contribution in [1.82, 2.24) is 5.32 Å². The lowest BCUT2D eigenvalue weighted by Gasteiger charge is -2.09. The fraction of sp³-hybridized carbons (Fsp3) is 0.278. The minimum absolute atomic E-state index is 0.0264. The molecule has 2 aromatic rings. The summed E-state index contributed by atoms with van der Waals surface area (Å²) in [5, 5.41) is 13.7. The molecule has 132 valence electrons. The van der Waals surface area contributed by atoms with Gasteiger partial charge in [-0.15, -0.1) is 0 Å². The van der Waals surface area contributed by atoms with Crippen LogP contribution in [0.2, 0.25) is 0 Å². The number of ether oxygens (including phenoxy) is 1. The van der Waals surface area contributed by atoms with Gasteiger partial charge < -0.3 is 10.1 Å². The normalized spacial score (nSPS) is 10.4. The number of amides is 1. The van der Waals surface area contributed by atoms with E-state index >= 15 is 0 Å². The number of aryl methyl sites for hydroxylation is 2. The van der Waals surface area contributed by atoms with Crippen LogP contribution in [0.3, 0.4) is 0 Å². The molecular formula is C18H19FN2O4. The fourth-order valence-electron chi connectivity index (χ4n) is 2.25. The van der Waals surface area contributed by atoms with Crippen LogP contribution in [0.25, 0.3) is 0 Å². The van der Waals surface area contributed by atoms with Gasteiger partial charge in [-0.1, -0.05) is 18.2 Å². The monoisotopic (exact) mass is 346 g/mol. The molecule has 2 aromatic carbocycles. The van der Waals surface area contributed by atoms with Gasteiger partial charge in [0, 0.05) is 12.6 Å². The van der Waals surface area contributed by atoms with Gasteiger partial charge in [-0.25, -0.2) is 4.39 Å². The summed E-state index contributed by atoms with van der Waals surface area (Å²) >= 11 is 0. The number of nitrogens with one attached hydrogen (secondary N) is 1. The highest BCUT2D eigenvalue weighted by Gasteiger charge is 2.15. The molecule has 0 aliphatic heterocycles. The van der Waals surface area contributed by atoms with Crippen molar-refractivity contribution in [3.8, 4) is 5.75 Å². The molecule has 0 bridgehead atoms. The zero-order chi connectivity index (χ0) is 18.4. The van der Waals surface area contributed by atoms with Gasteiger partial charge in [0.1, 0.15) is 5.82 Å². The van der Waals surface area contributed by atoms with Crippen LogP contribution in [-0.2, 0) is 11.3 Å². The summed E-state index contributed by atoms with van der Waals surface area (Å²) in [7, 11) is 0. The highest BCUT2D eigenvalue weighted by atomic mass is 19.1. The molecule has 7 heteroatoms. The van der Waals surface area contributed by atoms with Crippen LogP contribution in [-0.4, -0.2) is 17.4 Å². The standard InChI is InChI=1S/C18H19FN2O4/c1-12-3-6-16(21(23)24)17(9-12)25-8-7-18(22)20-11-14-4-5-15(19)13(2)10-14/h3-6,9-10H,7-8,11H2,1-2H3,(H,20,22). The Bertz CT molecular complexity index is 793. The highest BCUT2D eigenvalue weighted by molar-refractivity contribution is 5.76. The Labute approximate surface area is 144 Å². The Morgan fingerprint density at radius 1 is 1.24 bits per heavy atom. The number of carbonyl (C=O) groups is 1. The van der Waals surface area contributed by atoms with Gasteiger partial charge in [0.25, 0.3) is 0 Å². The molecule has 0 unspecified atom stereocenters. The number of hydrogen-bond donors (Lipinski definition) is 1. The SMILES string of the molecule is Cc1ccc([N+](=O)[O-])c(OCCC(=O)NCc2ccc(F)c(C)c2)c1. The first-order chi connectivity index (χ1) is 11.9. The second kappa shape index (κ2) is 8.23. The van der Waals surface area contributed by atoms with Crippen molar-refractivity contribution in [1.29, 1.82) is 0 Å². The first kappa shape index (κ1) is 18.4. The minimum Gasteiger partial charge on any atom is -0.486 e. The van der Waals surface area contributed by atoms with Crippen LogP contribution in [0.4, 0.5) is 10.1 Å². The topological polar surface area (TPSA) is 81.5 Å². The third-order valence-corrected chi connectivity index (χ3v) is 3.61. The second-order valence-corrected chi connectivity index (χ2v) is 5.69. The average molecular weight is 346 g/mol. The maximum Gasteiger partial charge on any atom is 0.310 e. The number of carbonyl (C=O) groups excluding carboxylic acids is 1. The first-order valence-corrected chi connectivity index (χ1v) is 7.76. The van der Waals surface area contributed by atoms with Crippen LogP contribution in [0.5, 0.6) is 5.75 Å². The Balaban J connectivity index is 1.83. The number of halogens is 1. The van der Waals surface area contributed by atoms with Crippen molar-refractivity contribution < 1.29 is 18.8 Å². The number of nitro benzene ring substituents is 1. The lowest BCUT2D eigenvalue weighted by molar-refractivity contribution is -0.385. The average Bonchev–Trinajstić information content (AvgIpc) is 2.56. The molecule has 0 fully saturated rings. The van der Waals surface area contributed by atoms with Crippen LogP contribution >= 0.6 is 0 Å². The molecule has 1 N–H and O–H groups in total. The van der Waals surface area contributed by atoms with E-state index in [-0.39, 0.29) is 42.7 Å². The Morgan fingerprint density at radius 3 is 2.68 bits per heavy atom. The Morgan fingerprint density at radius 2 is 2.00 bits per heavy atom. The van der Waals surface area contributed by atoms with Crippen molar-refractivity contribution in [3.05, 3.63) is 69.0 Å². The zero-order valence-electron chi connectivity index (χ0n) is 14.0. The van der Waals surface area contributed by atoms with Crippen molar-refractivity contribution in [2.75, 3.05) is 6.61 Å². The van der Waals surface area contributed by atoms with Gasteiger partial charge in [-0.05, 0) is 42.7 Å². The maximum absolute atomic E-state index is 13.2. The molecule has 0 atom stereocenters. The summed E-state index contributed by atoms with van der Waals surface area (Å²) in [5.74, 6) is -0.396. The van der Waals surface area contributed by atoms with Gasteiger partial charge in [-0.2, -0.15) is 0 Å². The van der Waals surface area contributed by atoms with E-state index in [1.165, 1.54) is 12.1 Å². The first-order valence-electron chi connectivity index (χ1n) is 7.76. The molecule has 1 amide bonds. The van der Waals surface area contributed by atoms with Crippen molar-refractivity contribution >= 4 is 11.6 Å².